The number of piperidine rings is 1. The molecule has 1 N–H and O–H groups in total. The van der Waals surface area contributed by atoms with Gasteiger partial charge in [-0.2, -0.15) is 0 Å². The van der Waals surface area contributed by atoms with Crippen LogP contribution in [0.4, 0.5) is 0 Å². The number of nitrogens with zero attached hydrogens (tertiary/aromatic N) is 2. The molecule has 0 atom stereocenters. The number of hydrogen-bond donors (Lipinski definition) is 1. The highest BCUT2D eigenvalue weighted by atomic mass is 32.1. The minimum Gasteiger partial charge on any atom is -0.331 e. The van der Waals surface area contributed by atoms with E-state index in [1.807, 2.05) is 0 Å². The second-order valence-electron chi connectivity index (χ2n) is 5.36. The van der Waals surface area contributed by atoms with E-state index in [9.17, 15) is 0 Å². The molecule has 18 heavy (non-hydrogen) atoms. The van der Waals surface area contributed by atoms with Gasteiger partial charge in [0.2, 0.25) is 0 Å². The Hall–Kier alpha value is -1.13. The largest absolute Gasteiger partial charge is 0.331 e. The normalized spacial score (nSPS) is 18.6. The van der Waals surface area contributed by atoms with Crippen LogP contribution in [0.25, 0.3) is 11.0 Å². The Kier molecular flexibility index (Phi) is 2.99. The predicted octanol–water partition coefficient (Wildman–Crippen LogP) is 3.27. The van der Waals surface area contributed by atoms with Crippen molar-refractivity contribution in [2.45, 2.75) is 25.8 Å². The summed E-state index contributed by atoms with van der Waals surface area (Å²) in [6.07, 6.45) is 2.37. The highest BCUT2D eigenvalue weighted by Crippen LogP contribution is 2.27. The van der Waals surface area contributed by atoms with Crippen molar-refractivity contribution in [3.05, 3.63) is 28.5 Å². The van der Waals surface area contributed by atoms with Gasteiger partial charge in [-0.25, -0.2) is 0 Å². The summed E-state index contributed by atoms with van der Waals surface area (Å²) in [6.45, 7) is 4.43. The topological polar surface area (TPSA) is 24.0 Å². The van der Waals surface area contributed by atoms with Gasteiger partial charge in [0, 0.05) is 6.04 Å². The first-order valence-electron chi connectivity index (χ1n) is 6.54. The van der Waals surface area contributed by atoms with Gasteiger partial charge in [-0.15, -0.1) is 0 Å². The number of imidazole rings is 1. The van der Waals surface area contributed by atoms with Crippen LogP contribution in [0.2, 0.25) is 0 Å². The van der Waals surface area contributed by atoms with Crippen molar-refractivity contribution in [1.29, 1.82) is 0 Å². The van der Waals surface area contributed by atoms with Crippen molar-refractivity contribution < 1.29 is 0 Å². The summed E-state index contributed by atoms with van der Waals surface area (Å²) in [5, 5.41) is 0. The van der Waals surface area contributed by atoms with Gasteiger partial charge < -0.3 is 14.5 Å². The van der Waals surface area contributed by atoms with Gasteiger partial charge in [0.15, 0.2) is 4.77 Å². The maximum absolute atomic E-state index is 5.50. The molecule has 0 aliphatic carbocycles. The molecule has 0 saturated carbocycles. The van der Waals surface area contributed by atoms with Gasteiger partial charge in [-0.1, -0.05) is 6.07 Å². The number of likely N-dealkylation sites (tertiary alicyclic amines) is 1. The lowest BCUT2D eigenvalue weighted by Gasteiger charge is -2.30. The maximum atomic E-state index is 5.50. The predicted molar refractivity (Wildman–Crippen MR) is 77.6 cm³/mol. The summed E-state index contributed by atoms with van der Waals surface area (Å²) in [5.74, 6) is 0. The van der Waals surface area contributed by atoms with Gasteiger partial charge in [0.05, 0.1) is 11.0 Å². The second-order valence-corrected chi connectivity index (χ2v) is 5.74. The molecule has 2 aromatic rings. The van der Waals surface area contributed by atoms with Crippen molar-refractivity contribution in [3.8, 4) is 0 Å². The fraction of sp³-hybridized carbons (Fsp3) is 0.500. The van der Waals surface area contributed by atoms with E-state index < -0.39 is 0 Å². The number of H-pyrrole nitrogens is 1. The van der Waals surface area contributed by atoms with Crippen molar-refractivity contribution >= 4 is 23.3 Å². The van der Waals surface area contributed by atoms with E-state index in [1.54, 1.807) is 0 Å². The number of aryl methyl sites for hydroxylation is 1. The SMILES string of the molecule is Cc1ccc2c(c1)[nH]c(=S)n2C1CCN(C)CC1. The van der Waals surface area contributed by atoms with E-state index in [4.69, 9.17) is 12.2 Å². The van der Waals surface area contributed by atoms with Gasteiger partial charge in [-0.05, 0) is 69.8 Å². The fourth-order valence-corrected chi connectivity index (χ4v) is 3.22. The molecule has 0 spiro atoms. The average molecular weight is 261 g/mol. The van der Waals surface area contributed by atoms with Gasteiger partial charge in [0.1, 0.15) is 0 Å². The number of aromatic nitrogens is 2. The Bertz CT molecular complexity index is 617. The van der Waals surface area contributed by atoms with E-state index in [1.165, 1.54) is 29.4 Å². The molecule has 1 aliphatic heterocycles. The summed E-state index contributed by atoms with van der Waals surface area (Å²) in [5.41, 5.74) is 3.69. The zero-order valence-corrected chi connectivity index (χ0v) is 11.8. The van der Waals surface area contributed by atoms with Crippen LogP contribution >= 0.6 is 12.2 Å². The standard InChI is InChI=1S/C14H19N3S/c1-10-3-4-13-12(9-10)15-14(18)17(13)11-5-7-16(2)8-6-11/h3-4,9,11H,5-8H2,1-2H3,(H,15,18). The Labute approximate surface area is 112 Å². The third kappa shape index (κ3) is 1.99. The molecule has 1 aromatic heterocycles. The number of benzene rings is 1. The zero-order valence-electron chi connectivity index (χ0n) is 10.9. The Morgan fingerprint density at radius 1 is 1.28 bits per heavy atom. The van der Waals surface area contributed by atoms with Crippen molar-refractivity contribution in [2.75, 3.05) is 20.1 Å². The lowest BCUT2D eigenvalue weighted by molar-refractivity contribution is 0.223. The molecular formula is C14H19N3S. The minimum absolute atomic E-state index is 0.546. The lowest BCUT2D eigenvalue weighted by Crippen LogP contribution is -2.31. The number of rotatable bonds is 1. The molecule has 1 aliphatic rings. The monoisotopic (exact) mass is 261 g/mol. The van der Waals surface area contributed by atoms with Crippen LogP contribution in [0.1, 0.15) is 24.4 Å². The summed E-state index contributed by atoms with van der Waals surface area (Å²) < 4.78 is 3.18. The first-order chi connectivity index (χ1) is 8.65. The second kappa shape index (κ2) is 4.52. The number of fused-ring (bicyclic) bond motifs is 1. The molecule has 0 unspecified atom stereocenters. The summed E-state index contributed by atoms with van der Waals surface area (Å²) >= 11 is 5.50. The minimum atomic E-state index is 0.546. The molecule has 1 aromatic carbocycles. The van der Waals surface area contributed by atoms with Crippen LogP contribution in [0.15, 0.2) is 18.2 Å². The van der Waals surface area contributed by atoms with Crippen LogP contribution in [0.5, 0.6) is 0 Å². The Morgan fingerprint density at radius 3 is 2.72 bits per heavy atom. The molecule has 2 heterocycles. The summed E-state index contributed by atoms with van der Waals surface area (Å²) in [4.78, 5) is 5.73. The summed E-state index contributed by atoms with van der Waals surface area (Å²) in [6, 6.07) is 7.08. The Morgan fingerprint density at radius 2 is 2.00 bits per heavy atom. The van der Waals surface area contributed by atoms with Crippen LogP contribution in [-0.4, -0.2) is 34.6 Å². The van der Waals surface area contributed by atoms with E-state index >= 15 is 0 Å². The number of aromatic amines is 1. The number of nitrogens with one attached hydrogen (secondary N) is 1. The first-order valence-corrected chi connectivity index (χ1v) is 6.95. The van der Waals surface area contributed by atoms with E-state index in [0.29, 0.717) is 6.04 Å². The molecule has 3 rings (SSSR count). The van der Waals surface area contributed by atoms with Crippen LogP contribution < -0.4 is 0 Å². The average Bonchev–Trinajstić information content (AvgIpc) is 2.65. The van der Waals surface area contributed by atoms with Crippen molar-refractivity contribution in [2.24, 2.45) is 0 Å². The quantitative estimate of drug-likeness (QED) is 0.797. The van der Waals surface area contributed by atoms with Crippen LogP contribution in [-0.2, 0) is 0 Å². The molecule has 0 bridgehead atoms. The molecule has 1 fully saturated rings. The van der Waals surface area contributed by atoms with Crippen molar-refractivity contribution in [3.63, 3.8) is 0 Å². The first kappa shape index (κ1) is 11.9. The lowest BCUT2D eigenvalue weighted by atomic mass is 10.1. The highest BCUT2D eigenvalue weighted by molar-refractivity contribution is 7.71. The zero-order chi connectivity index (χ0) is 12.7. The molecule has 0 radical (unpaired) electrons. The molecule has 0 amide bonds. The van der Waals surface area contributed by atoms with Crippen LogP contribution in [0, 0.1) is 11.7 Å². The van der Waals surface area contributed by atoms with Gasteiger partial charge in [-0.3, -0.25) is 0 Å². The summed E-state index contributed by atoms with van der Waals surface area (Å²) in [7, 11) is 2.19. The number of hydrogen-bond acceptors (Lipinski definition) is 2. The van der Waals surface area contributed by atoms with E-state index in [-0.39, 0.29) is 0 Å². The molecule has 4 heteroatoms. The van der Waals surface area contributed by atoms with Crippen LogP contribution in [0.3, 0.4) is 0 Å². The fourth-order valence-electron chi connectivity index (χ4n) is 2.86. The van der Waals surface area contributed by atoms with E-state index in [0.717, 1.165) is 17.9 Å². The van der Waals surface area contributed by atoms with Gasteiger partial charge in [0.25, 0.3) is 0 Å². The third-order valence-corrected chi connectivity index (χ3v) is 4.22. The molecule has 96 valence electrons. The maximum Gasteiger partial charge on any atom is 0.178 e. The highest BCUT2D eigenvalue weighted by Gasteiger charge is 2.20. The Balaban J connectivity index is 2.06. The van der Waals surface area contributed by atoms with Gasteiger partial charge >= 0.3 is 0 Å². The smallest absolute Gasteiger partial charge is 0.178 e. The molecule has 1 saturated heterocycles. The molecule has 3 nitrogen and oxygen atoms in total. The van der Waals surface area contributed by atoms with Crippen molar-refractivity contribution in [1.82, 2.24) is 14.5 Å². The van der Waals surface area contributed by atoms with E-state index in [2.05, 4.69) is 46.6 Å². The third-order valence-electron chi connectivity index (χ3n) is 3.93. The molecular weight excluding hydrogens is 242 g/mol.